The van der Waals surface area contributed by atoms with Gasteiger partial charge in [-0.2, -0.15) is 0 Å². The van der Waals surface area contributed by atoms with Gasteiger partial charge in [-0.25, -0.2) is 9.97 Å². The van der Waals surface area contributed by atoms with Gasteiger partial charge in [-0.15, -0.1) is 0 Å². The zero-order valence-corrected chi connectivity index (χ0v) is 15.7. The minimum atomic E-state index is 0.669. The van der Waals surface area contributed by atoms with Crippen LogP contribution in [0.25, 0.3) is 10.9 Å². The van der Waals surface area contributed by atoms with Crippen molar-refractivity contribution in [1.82, 2.24) is 15.0 Å². The Bertz CT molecular complexity index is 1120. The van der Waals surface area contributed by atoms with E-state index < -0.39 is 0 Å². The smallest absolute Gasteiger partial charge is 0.136 e. The van der Waals surface area contributed by atoms with Gasteiger partial charge in [0.25, 0.3) is 0 Å². The lowest BCUT2D eigenvalue weighted by molar-refractivity contribution is 1.06. The molecule has 0 spiro atoms. The van der Waals surface area contributed by atoms with Crippen LogP contribution in [-0.4, -0.2) is 15.0 Å². The van der Waals surface area contributed by atoms with E-state index in [1.165, 1.54) is 0 Å². The van der Waals surface area contributed by atoms with Crippen LogP contribution < -0.4 is 10.6 Å². The fourth-order valence-corrected chi connectivity index (χ4v) is 3.17. The Morgan fingerprint density at radius 2 is 1.56 bits per heavy atom. The van der Waals surface area contributed by atoms with Gasteiger partial charge in [0, 0.05) is 28.4 Å². The van der Waals surface area contributed by atoms with Crippen molar-refractivity contribution in [2.75, 3.05) is 10.6 Å². The topological polar surface area (TPSA) is 62.7 Å². The molecule has 134 valence electrons. The van der Waals surface area contributed by atoms with Crippen LogP contribution in [0.15, 0.2) is 60.8 Å². The predicted molar refractivity (Wildman–Crippen MR) is 111 cm³/mol. The van der Waals surface area contributed by atoms with Crippen LogP contribution in [0.1, 0.15) is 11.4 Å². The van der Waals surface area contributed by atoms with Gasteiger partial charge in [-0.1, -0.05) is 29.8 Å². The fraction of sp³-hybridized carbons (Fsp3) is 0.0952. The van der Waals surface area contributed by atoms with Crippen molar-refractivity contribution in [3.8, 4) is 0 Å². The minimum Gasteiger partial charge on any atom is -0.340 e. The van der Waals surface area contributed by atoms with E-state index in [9.17, 15) is 0 Å². The maximum atomic E-state index is 6.04. The molecule has 0 amide bonds. The molecule has 4 rings (SSSR count). The van der Waals surface area contributed by atoms with Gasteiger partial charge in [-0.3, -0.25) is 4.98 Å². The van der Waals surface area contributed by atoms with Crippen LogP contribution in [0.3, 0.4) is 0 Å². The molecule has 2 heterocycles. The molecule has 0 radical (unpaired) electrons. The van der Waals surface area contributed by atoms with E-state index in [2.05, 4.69) is 25.6 Å². The molecule has 2 N–H and O–H groups in total. The number of benzene rings is 2. The second-order valence-corrected chi connectivity index (χ2v) is 6.71. The van der Waals surface area contributed by atoms with Gasteiger partial charge in [0.05, 0.1) is 11.2 Å². The second-order valence-electron chi connectivity index (χ2n) is 6.28. The first-order valence-corrected chi connectivity index (χ1v) is 8.96. The molecule has 0 saturated carbocycles. The van der Waals surface area contributed by atoms with E-state index in [0.29, 0.717) is 22.5 Å². The van der Waals surface area contributed by atoms with E-state index in [0.717, 1.165) is 27.8 Å². The number of pyridine rings is 1. The normalized spacial score (nSPS) is 10.8. The van der Waals surface area contributed by atoms with Crippen LogP contribution in [0, 0.1) is 13.8 Å². The minimum absolute atomic E-state index is 0.669. The summed E-state index contributed by atoms with van der Waals surface area (Å²) < 4.78 is 0. The van der Waals surface area contributed by atoms with E-state index >= 15 is 0 Å². The summed E-state index contributed by atoms with van der Waals surface area (Å²) in [6.07, 6.45) is 1.79. The van der Waals surface area contributed by atoms with Gasteiger partial charge < -0.3 is 10.6 Å². The number of anilines is 4. The van der Waals surface area contributed by atoms with Gasteiger partial charge in [0.2, 0.25) is 0 Å². The molecule has 5 nitrogen and oxygen atoms in total. The lowest BCUT2D eigenvalue weighted by Gasteiger charge is -2.13. The molecule has 2 aromatic carbocycles. The summed E-state index contributed by atoms with van der Waals surface area (Å²) in [5.41, 5.74) is 3.81. The van der Waals surface area contributed by atoms with Gasteiger partial charge in [0.1, 0.15) is 17.5 Å². The van der Waals surface area contributed by atoms with Crippen molar-refractivity contribution in [3.63, 3.8) is 0 Å². The number of hydrogen-bond acceptors (Lipinski definition) is 5. The highest BCUT2D eigenvalue weighted by atomic mass is 35.5. The monoisotopic (exact) mass is 375 g/mol. The van der Waals surface area contributed by atoms with E-state index in [1.54, 1.807) is 6.20 Å². The van der Waals surface area contributed by atoms with Crippen LogP contribution >= 0.6 is 11.6 Å². The zero-order chi connectivity index (χ0) is 18.8. The van der Waals surface area contributed by atoms with Crippen LogP contribution in [0.4, 0.5) is 23.0 Å². The summed E-state index contributed by atoms with van der Waals surface area (Å²) in [5.74, 6) is 2.08. The first kappa shape index (κ1) is 17.2. The molecular formula is C21H18ClN5. The molecule has 0 aliphatic heterocycles. The highest BCUT2D eigenvalue weighted by Gasteiger charge is 2.07. The van der Waals surface area contributed by atoms with Gasteiger partial charge in [-0.05, 0) is 49.7 Å². The molecule has 0 saturated heterocycles. The van der Waals surface area contributed by atoms with E-state index in [-0.39, 0.29) is 0 Å². The maximum Gasteiger partial charge on any atom is 0.136 e. The SMILES string of the molecule is Cc1nc(Nc2ccc(Cl)cc2C)cc(Nc2cccc3cccnc23)n1. The zero-order valence-electron chi connectivity index (χ0n) is 15.0. The molecule has 0 bridgehead atoms. The van der Waals surface area contributed by atoms with Gasteiger partial charge in [0.15, 0.2) is 0 Å². The van der Waals surface area contributed by atoms with Crippen molar-refractivity contribution < 1.29 is 0 Å². The predicted octanol–water partition coefficient (Wildman–Crippen LogP) is 5.78. The number of halogens is 1. The number of aryl methyl sites for hydroxylation is 2. The summed E-state index contributed by atoms with van der Waals surface area (Å²) in [4.78, 5) is 13.5. The third-order valence-corrected chi connectivity index (χ3v) is 4.42. The Hall–Kier alpha value is -3.18. The van der Waals surface area contributed by atoms with Crippen molar-refractivity contribution in [2.24, 2.45) is 0 Å². The second kappa shape index (κ2) is 7.21. The Kier molecular flexibility index (Phi) is 4.60. The molecule has 0 atom stereocenters. The van der Waals surface area contributed by atoms with Crippen LogP contribution in [-0.2, 0) is 0 Å². The molecule has 0 aliphatic rings. The maximum absolute atomic E-state index is 6.04. The Morgan fingerprint density at radius 1 is 0.815 bits per heavy atom. The third-order valence-electron chi connectivity index (χ3n) is 4.18. The average molecular weight is 376 g/mol. The number of aromatic nitrogens is 3. The molecule has 6 heteroatoms. The summed E-state index contributed by atoms with van der Waals surface area (Å²) in [6.45, 7) is 3.87. The molecule has 27 heavy (non-hydrogen) atoms. The average Bonchev–Trinajstić information content (AvgIpc) is 2.64. The number of hydrogen-bond donors (Lipinski definition) is 2. The summed E-state index contributed by atoms with van der Waals surface area (Å²) in [5, 5.41) is 8.48. The molecule has 0 aliphatic carbocycles. The number of nitrogens with zero attached hydrogens (tertiary/aromatic N) is 3. The van der Waals surface area contributed by atoms with E-state index in [4.69, 9.17) is 11.6 Å². The standard InChI is InChI=1S/C21H18ClN5/c1-13-11-16(22)8-9-17(13)26-19-12-20(25-14(2)24-19)27-18-7-3-5-15-6-4-10-23-21(15)18/h3-12H,1-2H3,(H2,24,25,26,27). The van der Waals surface area contributed by atoms with Crippen molar-refractivity contribution in [3.05, 3.63) is 77.2 Å². The first-order chi connectivity index (χ1) is 13.1. The highest BCUT2D eigenvalue weighted by molar-refractivity contribution is 6.30. The molecule has 4 aromatic rings. The van der Waals surface area contributed by atoms with Crippen molar-refractivity contribution in [1.29, 1.82) is 0 Å². The Labute approximate surface area is 162 Å². The Morgan fingerprint density at radius 3 is 2.33 bits per heavy atom. The first-order valence-electron chi connectivity index (χ1n) is 8.58. The van der Waals surface area contributed by atoms with Crippen LogP contribution in [0.5, 0.6) is 0 Å². The lowest BCUT2D eigenvalue weighted by atomic mass is 10.2. The Balaban J connectivity index is 1.66. The molecular weight excluding hydrogens is 358 g/mol. The lowest BCUT2D eigenvalue weighted by Crippen LogP contribution is -2.02. The highest BCUT2D eigenvalue weighted by Crippen LogP contribution is 2.27. The van der Waals surface area contributed by atoms with Crippen molar-refractivity contribution >= 4 is 45.5 Å². The van der Waals surface area contributed by atoms with E-state index in [1.807, 2.05) is 68.4 Å². The number of fused-ring (bicyclic) bond motifs is 1. The number of nitrogens with one attached hydrogen (secondary N) is 2. The third kappa shape index (κ3) is 3.83. The quantitative estimate of drug-likeness (QED) is 0.473. The largest absolute Gasteiger partial charge is 0.340 e. The molecule has 0 fully saturated rings. The molecule has 2 aromatic heterocycles. The fourth-order valence-electron chi connectivity index (χ4n) is 2.94. The van der Waals surface area contributed by atoms with Crippen LogP contribution in [0.2, 0.25) is 5.02 Å². The van der Waals surface area contributed by atoms with Crippen molar-refractivity contribution in [2.45, 2.75) is 13.8 Å². The molecule has 0 unspecified atom stereocenters. The summed E-state index contributed by atoms with van der Waals surface area (Å²) in [6, 6.07) is 17.6. The van der Waals surface area contributed by atoms with Gasteiger partial charge >= 0.3 is 0 Å². The summed E-state index contributed by atoms with van der Waals surface area (Å²) >= 11 is 6.04. The number of para-hydroxylation sites is 1. The number of rotatable bonds is 4. The summed E-state index contributed by atoms with van der Waals surface area (Å²) in [7, 11) is 0.